The number of thiocarbonyl (C=S) groups is 1. The van der Waals surface area contributed by atoms with E-state index in [-0.39, 0.29) is 5.91 Å². The SMILES string of the molecule is CC(C)CCNC(=O)C1(C(N)=S)CC1. The second kappa shape index (κ2) is 4.26. The Kier molecular flexibility index (Phi) is 3.48. The molecule has 0 atom stereocenters. The molecule has 0 spiro atoms. The van der Waals surface area contributed by atoms with Gasteiger partial charge in [-0.1, -0.05) is 26.1 Å². The van der Waals surface area contributed by atoms with Crippen molar-refractivity contribution in [1.29, 1.82) is 0 Å². The van der Waals surface area contributed by atoms with Crippen LogP contribution in [0, 0.1) is 11.3 Å². The van der Waals surface area contributed by atoms with Crippen molar-refractivity contribution in [2.24, 2.45) is 17.1 Å². The molecule has 1 fully saturated rings. The molecule has 1 amide bonds. The molecule has 14 heavy (non-hydrogen) atoms. The Morgan fingerprint density at radius 2 is 2.14 bits per heavy atom. The zero-order valence-corrected chi connectivity index (χ0v) is 9.62. The average molecular weight is 214 g/mol. The summed E-state index contributed by atoms with van der Waals surface area (Å²) in [5.74, 6) is 0.626. The van der Waals surface area contributed by atoms with Crippen LogP contribution in [0.5, 0.6) is 0 Å². The first-order valence-electron chi connectivity index (χ1n) is 5.07. The van der Waals surface area contributed by atoms with Gasteiger partial charge in [-0.05, 0) is 25.2 Å². The van der Waals surface area contributed by atoms with Crippen LogP contribution in [0.25, 0.3) is 0 Å². The van der Waals surface area contributed by atoms with E-state index >= 15 is 0 Å². The summed E-state index contributed by atoms with van der Waals surface area (Å²) in [7, 11) is 0. The van der Waals surface area contributed by atoms with Crippen molar-refractivity contribution in [3.05, 3.63) is 0 Å². The fourth-order valence-electron chi connectivity index (χ4n) is 1.35. The predicted molar refractivity (Wildman–Crippen MR) is 60.9 cm³/mol. The molecule has 3 N–H and O–H groups in total. The number of hydrogen-bond acceptors (Lipinski definition) is 2. The topological polar surface area (TPSA) is 55.1 Å². The molecule has 80 valence electrons. The van der Waals surface area contributed by atoms with Crippen LogP contribution >= 0.6 is 12.2 Å². The van der Waals surface area contributed by atoms with Crippen LogP contribution in [0.1, 0.15) is 33.1 Å². The van der Waals surface area contributed by atoms with Gasteiger partial charge < -0.3 is 11.1 Å². The third kappa shape index (κ3) is 2.44. The second-order valence-electron chi connectivity index (χ2n) is 4.38. The van der Waals surface area contributed by atoms with Crippen molar-refractivity contribution in [1.82, 2.24) is 5.32 Å². The van der Waals surface area contributed by atoms with Crippen molar-refractivity contribution in [3.8, 4) is 0 Å². The van der Waals surface area contributed by atoms with Crippen LogP contribution in [-0.4, -0.2) is 17.4 Å². The van der Waals surface area contributed by atoms with E-state index in [1.165, 1.54) is 0 Å². The van der Waals surface area contributed by atoms with Gasteiger partial charge in [-0.2, -0.15) is 0 Å². The first-order valence-corrected chi connectivity index (χ1v) is 5.48. The lowest BCUT2D eigenvalue weighted by Gasteiger charge is -2.14. The minimum absolute atomic E-state index is 0.0191. The molecule has 0 unspecified atom stereocenters. The van der Waals surface area contributed by atoms with E-state index < -0.39 is 5.41 Å². The number of carbonyl (C=O) groups is 1. The first-order chi connectivity index (χ1) is 6.49. The maximum absolute atomic E-state index is 11.7. The molecule has 0 heterocycles. The van der Waals surface area contributed by atoms with Gasteiger partial charge in [0.1, 0.15) is 0 Å². The van der Waals surface area contributed by atoms with Gasteiger partial charge in [0.25, 0.3) is 0 Å². The van der Waals surface area contributed by atoms with Crippen molar-refractivity contribution < 1.29 is 4.79 Å². The zero-order chi connectivity index (χ0) is 10.8. The normalized spacial score (nSPS) is 17.9. The van der Waals surface area contributed by atoms with Gasteiger partial charge in [-0.15, -0.1) is 0 Å². The van der Waals surface area contributed by atoms with Crippen LogP contribution in [0.3, 0.4) is 0 Å². The summed E-state index contributed by atoms with van der Waals surface area (Å²) in [5, 5.41) is 2.89. The molecule has 1 aliphatic rings. The minimum Gasteiger partial charge on any atom is -0.392 e. The molecule has 1 rings (SSSR count). The maximum atomic E-state index is 11.7. The lowest BCUT2D eigenvalue weighted by atomic mass is 10.1. The van der Waals surface area contributed by atoms with E-state index in [1.54, 1.807) is 0 Å². The summed E-state index contributed by atoms with van der Waals surface area (Å²) < 4.78 is 0. The molecule has 0 radical (unpaired) electrons. The lowest BCUT2D eigenvalue weighted by molar-refractivity contribution is -0.124. The van der Waals surface area contributed by atoms with E-state index in [2.05, 4.69) is 19.2 Å². The van der Waals surface area contributed by atoms with Crippen LogP contribution in [0.15, 0.2) is 0 Å². The van der Waals surface area contributed by atoms with Gasteiger partial charge in [0.2, 0.25) is 5.91 Å². The van der Waals surface area contributed by atoms with E-state index in [4.69, 9.17) is 18.0 Å². The van der Waals surface area contributed by atoms with Gasteiger partial charge in [-0.3, -0.25) is 4.79 Å². The first kappa shape index (κ1) is 11.4. The number of nitrogens with two attached hydrogens (primary N) is 1. The summed E-state index contributed by atoms with van der Waals surface area (Å²) in [6, 6.07) is 0. The molecular formula is C10H18N2OS. The van der Waals surface area contributed by atoms with E-state index in [0.29, 0.717) is 10.9 Å². The van der Waals surface area contributed by atoms with Crippen molar-refractivity contribution >= 4 is 23.1 Å². The number of nitrogens with one attached hydrogen (secondary N) is 1. The maximum Gasteiger partial charge on any atom is 0.233 e. The standard InChI is InChI=1S/C10H18N2OS/c1-7(2)3-6-12-9(13)10(4-5-10)8(11)14/h7H,3-6H2,1-2H3,(H2,11,14)(H,12,13). The van der Waals surface area contributed by atoms with Crippen molar-refractivity contribution in [2.45, 2.75) is 33.1 Å². The third-order valence-electron chi connectivity index (χ3n) is 2.66. The van der Waals surface area contributed by atoms with Crippen molar-refractivity contribution in [2.75, 3.05) is 6.54 Å². The van der Waals surface area contributed by atoms with Crippen LogP contribution < -0.4 is 11.1 Å². The average Bonchev–Trinajstić information content (AvgIpc) is 2.82. The number of amides is 1. The fourth-order valence-corrected chi connectivity index (χ4v) is 1.65. The van der Waals surface area contributed by atoms with Crippen LogP contribution in [0.4, 0.5) is 0 Å². The van der Waals surface area contributed by atoms with Gasteiger partial charge in [-0.25, -0.2) is 0 Å². The lowest BCUT2D eigenvalue weighted by Crippen LogP contribution is -2.40. The Hall–Kier alpha value is -0.640. The highest BCUT2D eigenvalue weighted by Gasteiger charge is 2.52. The van der Waals surface area contributed by atoms with Gasteiger partial charge in [0.05, 0.1) is 10.4 Å². The fraction of sp³-hybridized carbons (Fsp3) is 0.800. The Bertz CT molecular complexity index is 247. The van der Waals surface area contributed by atoms with Crippen LogP contribution in [0.2, 0.25) is 0 Å². The molecule has 0 aromatic heterocycles. The Morgan fingerprint density at radius 1 is 1.57 bits per heavy atom. The number of carbonyl (C=O) groups excluding carboxylic acids is 1. The highest BCUT2D eigenvalue weighted by Crippen LogP contribution is 2.46. The molecule has 1 aliphatic carbocycles. The van der Waals surface area contributed by atoms with Gasteiger partial charge >= 0.3 is 0 Å². The summed E-state index contributed by atoms with van der Waals surface area (Å²) in [4.78, 5) is 12.0. The third-order valence-corrected chi connectivity index (χ3v) is 3.05. The quantitative estimate of drug-likeness (QED) is 0.676. The molecule has 0 aromatic carbocycles. The van der Waals surface area contributed by atoms with E-state index in [9.17, 15) is 4.79 Å². The molecular weight excluding hydrogens is 196 g/mol. The largest absolute Gasteiger partial charge is 0.392 e. The Balaban J connectivity index is 2.32. The molecule has 0 aromatic rings. The summed E-state index contributed by atoms with van der Waals surface area (Å²) in [6.07, 6.45) is 2.63. The van der Waals surface area contributed by atoms with Gasteiger partial charge in [0.15, 0.2) is 0 Å². The Morgan fingerprint density at radius 3 is 2.50 bits per heavy atom. The molecule has 1 saturated carbocycles. The summed E-state index contributed by atoms with van der Waals surface area (Å²) in [6.45, 7) is 4.99. The van der Waals surface area contributed by atoms with E-state index in [0.717, 1.165) is 25.8 Å². The van der Waals surface area contributed by atoms with Crippen molar-refractivity contribution in [3.63, 3.8) is 0 Å². The minimum atomic E-state index is -0.494. The Labute approximate surface area is 90.4 Å². The molecule has 0 saturated heterocycles. The van der Waals surface area contributed by atoms with E-state index in [1.807, 2.05) is 0 Å². The summed E-state index contributed by atoms with van der Waals surface area (Å²) >= 11 is 4.89. The number of hydrogen-bond donors (Lipinski definition) is 2. The zero-order valence-electron chi connectivity index (χ0n) is 8.80. The van der Waals surface area contributed by atoms with Gasteiger partial charge in [0, 0.05) is 6.54 Å². The highest BCUT2D eigenvalue weighted by molar-refractivity contribution is 7.80. The molecule has 4 heteroatoms. The molecule has 0 bridgehead atoms. The smallest absolute Gasteiger partial charge is 0.233 e. The summed E-state index contributed by atoms with van der Waals surface area (Å²) in [5.41, 5.74) is 5.04. The molecule has 3 nitrogen and oxygen atoms in total. The predicted octanol–water partition coefficient (Wildman–Crippen LogP) is 1.22. The highest BCUT2D eigenvalue weighted by atomic mass is 32.1. The number of rotatable bonds is 5. The molecule has 0 aliphatic heterocycles. The monoisotopic (exact) mass is 214 g/mol. The van der Waals surface area contributed by atoms with Crippen LogP contribution in [-0.2, 0) is 4.79 Å². The second-order valence-corrected chi connectivity index (χ2v) is 4.82.